The van der Waals surface area contributed by atoms with Gasteiger partial charge in [-0.1, -0.05) is 11.6 Å². The molecule has 1 aromatic heterocycles. The van der Waals surface area contributed by atoms with Crippen LogP contribution in [-0.2, 0) is 15.0 Å². The molecule has 1 amide bonds. The highest BCUT2D eigenvalue weighted by atomic mass is 79.9. The summed E-state index contributed by atoms with van der Waals surface area (Å²) in [5.41, 5.74) is 0.266. The second-order valence-electron chi connectivity index (χ2n) is 3.77. The zero-order valence-corrected chi connectivity index (χ0v) is 12.0. The van der Waals surface area contributed by atoms with Crippen molar-refractivity contribution in [2.75, 3.05) is 11.4 Å². The number of aromatic nitrogens is 1. The van der Waals surface area contributed by atoms with Gasteiger partial charge in [0, 0.05) is 23.6 Å². The monoisotopic (exact) mass is 356 g/mol. The van der Waals surface area contributed by atoms with E-state index in [1.807, 2.05) is 0 Å². The summed E-state index contributed by atoms with van der Waals surface area (Å²) in [4.78, 5) is 16.6. The first-order valence-corrected chi connectivity index (χ1v) is 7.45. The standard InChI is InChI=1S/C9H7BrClFN2O3S/c10-5-1-7(9(11)13-3-5)14-4-6(2-8(14)15)18(12,16)17/h1,3,6H,2,4H2. The predicted octanol–water partition coefficient (Wildman–Crippen LogP) is 1.90. The van der Waals surface area contributed by atoms with Gasteiger partial charge in [-0.15, -0.1) is 3.89 Å². The molecule has 2 rings (SSSR count). The molecule has 98 valence electrons. The average molecular weight is 358 g/mol. The number of amides is 1. The highest BCUT2D eigenvalue weighted by Crippen LogP contribution is 2.32. The number of hydrogen-bond acceptors (Lipinski definition) is 4. The summed E-state index contributed by atoms with van der Waals surface area (Å²) in [7, 11) is -4.74. The molecule has 1 unspecified atom stereocenters. The second-order valence-corrected chi connectivity index (χ2v) is 6.66. The number of carbonyl (C=O) groups excluding carboxylic acids is 1. The fourth-order valence-electron chi connectivity index (χ4n) is 1.70. The van der Waals surface area contributed by atoms with E-state index < -0.39 is 21.4 Å². The van der Waals surface area contributed by atoms with Crippen LogP contribution in [0.3, 0.4) is 0 Å². The lowest BCUT2D eigenvalue weighted by Crippen LogP contribution is -2.27. The van der Waals surface area contributed by atoms with E-state index >= 15 is 0 Å². The molecule has 1 aliphatic rings. The number of hydrogen-bond donors (Lipinski definition) is 0. The molecule has 1 saturated heterocycles. The van der Waals surface area contributed by atoms with E-state index in [1.165, 1.54) is 12.3 Å². The van der Waals surface area contributed by atoms with Crippen molar-refractivity contribution < 1.29 is 17.1 Å². The SMILES string of the molecule is O=C1CC(S(=O)(=O)F)CN1c1cc(Br)cnc1Cl. The summed E-state index contributed by atoms with van der Waals surface area (Å²) in [6.07, 6.45) is 1.05. The molecule has 0 radical (unpaired) electrons. The van der Waals surface area contributed by atoms with Crippen molar-refractivity contribution >= 4 is 49.3 Å². The Balaban J connectivity index is 2.35. The van der Waals surface area contributed by atoms with Crippen LogP contribution < -0.4 is 4.90 Å². The normalized spacial score (nSPS) is 20.5. The fraction of sp³-hybridized carbons (Fsp3) is 0.333. The minimum Gasteiger partial charge on any atom is -0.308 e. The van der Waals surface area contributed by atoms with Gasteiger partial charge in [-0.3, -0.25) is 4.79 Å². The zero-order chi connectivity index (χ0) is 13.5. The molecule has 18 heavy (non-hydrogen) atoms. The van der Waals surface area contributed by atoms with Gasteiger partial charge in [-0.2, -0.15) is 8.42 Å². The Kier molecular flexibility index (Phi) is 3.61. The maximum atomic E-state index is 12.9. The van der Waals surface area contributed by atoms with Crippen LogP contribution in [0, 0.1) is 0 Å². The Morgan fingerprint density at radius 2 is 2.22 bits per heavy atom. The van der Waals surface area contributed by atoms with Crippen LogP contribution in [0.1, 0.15) is 6.42 Å². The van der Waals surface area contributed by atoms with Crippen molar-refractivity contribution in [3.05, 3.63) is 21.9 Å². The Labute approximate surface area is 116 Å². The van der Waals surface area contributed by atoms with Crippen LogP contribution in [0.15, 0.2) is 16.7 Å². The van der Waals surface area contributed by atoms with Gasteiger partial charge in [0.2, 0.25) is 5.91 Å². The molecular formula is C9H7BrClFN2O3S. The second kappa shape index (κ2) is 4.75. The first-order chi connectivity index (χ1) is 8.29. The van der Waals surface area contributed by atoms with Crippen LogP contribution in [-0.4, -0.2) is 31.1 Å². The molecule has 5 nitrogen and oxygen atoms in total. The summed E-state index contributed by atoms with van der Waals surface area (Å²) in [5.74, 6) is -0.497. The van der Waals surface area contributed by atoms with Gasteiger partial charge in [0.05, 0.1) is 5.69 Å². The fourth-order valence-corrected chi connectivity index (χ4v) is 2.89. The minimum atomic E-state index is -4.74. The summed E-state index contributed by atoms with van der Waals surface area (Å²) in [6, 6.07) is 1.53. The Morgan fingerprint density at radius 3 is 2.78 bits per heavy atom. The first kappa shape index (κ1) is 13.7. The van der Waals surface area contributed by atoms with E-state index in [0.717, 1.165) is 4.90 Å². The van der Waals surface area contributed by atoms with Crippen molar-refractivity contribution in [2.45, 2.75) is 11.7 Å². The van der Waals surface area contributed by atoms with Crippen molar-refractivity contribution in [3.8, 4) is 0 Å². The van der Waals surface area contributed by atoms with E-state index in [4.69, 9.17) is 11.6 Å². The molecule has 0 aliphatic carbocycles. The van der Waals surface area contributed by atoms with Crippen LogP contribution in [0.5, 0.6) is 0 Å². The van der Waals surface area contributed by atoms with Crippen LogP contribution in [0.2, 0.25) is 5.15 Å². The predicted molar refractivity (Wildman–Crippen MR) is 67.7 cm³/mol. The highest BCUT2D eigenvalue weighted by Gasteiger charge is 2.39. The lowest BCUT2D eigenvalue weighted by molar-refractivity contribution is -0.117. The summed E-state index contributed by atoms with van der Waals surface area (Å²) < 4.78 is 35.1. The van der Waals surface area contributed by atoms with E-state index in [1.54, 1.807) is 0 Å². The average Bonchev–Trinajstić information content (AvgIpc) is 2.64. The molecular weight excluding hydrogens is 351 g/mol. The van der Waals surface area contributed by atoms with Crippen LogP contribution in [0.4, 0.5) is 9.57 Å². The van der Waals surface area contributed by atoms with E-state index in [2.05, 4.69) is 20.9 Å². The molecule has 0 saturated carbocycles. The van der Waals surface area contributed by atoms with E-state index in [9.17, 15) is 17.1 Å². The number of pyridine rings is 1. The topological polar surface area (TPSA) is 67.3 Å². The quantitative estimate of drug-likeness (QED) is 0.599. The van der Waals surface area contributed by atoms with E-state index in [0.29, 0.717) is 4.47 Å². The van der Waals surface area contributed by atoms with Gasteiger partial charge in [0.25, 0.3) is 0 Å². The third kappa shape index (κ3) is 2.65. The third-order valence-electron chi connectivity index (χ3n) is 2.57. The summed E-state index contributed by atoms with van der Waals surface area (Å²) >= 11 is 9.00. The van der Waals surface area contributed by atoms with Crippen molar-refractivity contribution in [1.82, 2.24) is 4.98 Å². The number of nitrogens with zero attached hydrogens (tertiary/aromatic N) is 2. The lowest BCUT2D eigenvalue weighted by atomic mass is 10.4. The van der Waals surface area contributed by atoms with Crippen LogP contribution >= 0.6 is 27.5 Å². The third-order valence-corrected chi connectivity index (χ3v) is 4.40. The lowest BCUT2D eigenvalue weighted by Gasteiger charge is -2.17. The highest BCUT2D eigenvalue weighted by molar-refractivity contribution is 9.10. The molecule has 2 heterocycles. The minimum absolute atomic E-state index is 0.0588. The maximum Gasteiger partial charge on any atom is 0.307 e. The molecule has 1 aromatic rings. The molecule has 0 bridgehead atoms. The van der Waals surface area contributed by atoms with Gasteiger partial charge >= 0.3 is 10.2 Å². The summed E-state index contributed by atoms with van der Waals surface area (Å²) in [5, 5.41) is -1.29. The Bertz CT molecular complexity index is 610. The summed E-state index contributed by atoms with van der Waals surface area (Å²) in [6.45, 7) is -0.254. The van der Waals surface area contributed by atoms with Gasteiger partial charge < -0.3 is 4.90 Å². The Morgan fingerprint density at radius 1 is 1.56 bits per heavy atom. The van der Waals surface area contributed by atoms with Gasteiger partial charge in [0.15, 0.2) is 5.15 Å². The first-order valence-electron chi connectivity index (χ1n) is 4.84. The van der Waals surface area contributed by atoms with Crippen molar-refractivity contribution in [2.24, 2.45) is 0 Å². The molecule has 0 N–H and O–H groups in total. The number of carbonyl (C=O) groups is 1. The van der Waals surface area contributed by atoms with Gasteiger partial charge in [0.1, 0.15) is 5.25 Å². The van der Waals surface area contributed by atoms with E-state index in [-0.39, 0.29) is 23.8 Å². The zero-order valence-electron chi connectivity index (χ0n) is 8.81. The number of anilines is 1. The molecule has 0 spiro atoms. The van der Waals surface area contributed by atoms with Crippen LogP contribution in [0.25, 0.3) is 0 Å². The number of halogens is 3. The maximum absolute atomic E-state index is 12.9. The molecule has 9 heteroatoms. The van der Waals surface area contributed by atoms with Crippen molar-refractivity contribution in [3.63, 3.8) is 0 Å². The smallest absolute Gasteiger partial charge is 0.307 e. The Hall–Kier alpha value is -0.730. The number of rotatable bonds is 2. The largest absolute Gasteiger partial charge is 0.308 e. The molecule has 0 aromatic carbocycles. The van der Waals surface area contributed by atoms with Crippen molar-refractivity contribution in [1.29, 1.82) is 0 Å². The molecule has 1 fully saturated rings. The molecule has 1 aliphatic heterocycles. The molecule has 1 atom stereocenters. The van der Waals surface area contributed by atoms with Gasteiger partial charge in [-0.05, 0) is 22.0 Å². The van der Waals surface area contributed by atoms with Gasteiger partial charge in [-0.25, -0.2) is 4.98 Å².